The molecule has 1 aromatic carbocycles. The first-order chi connectivity index (χ1) is 10.3. The zero-order chi connectivity index (χ0) is 14.2. The molecule has 0 amide bonds. The molecule has 2 bridgehead atoms. The Hall–Kier alpha value is -1.22. The molecule has 1 N–H and O–H groups in total. The first kappa shape index (κ1) is 13.4. The fraction of sp³-hybridized carbons (Fsp3) is 0.667. The average Bonchev–Trinajstić information content (AvgIpc) is 3.15. The molecule has 4 rings (SSSR count). The van der Waals surface area contributed by atoms with Crippen molar-refractivity contribution in [1.29, 1.82) is 0 Å². The predicted octanol–water partition coefficient (Wildman–Crippen LogP) is 3.54. The third-order valence-electron chi connectivity index (χ3n) is 5.64. The molecule has 2 fully saturated rings. The summed E-state index contributed by atoms with van der Waals surface area (Å²) in [6.07, 6.45) is 5.89. The Kier molecular flexibility index (Phi) is 3.54. The molecule has 4 unspecified atom stereocenters. The minimum absolute atomic E-state index is 0.375. The van der Waals surface area contributed by atoms with Gasteiger partial charge in [0.15, 0.2) is 11.5 Å². The number of fused-ring (bicyclic) bond motifs is 3. The van der Waals surface area contributed by atoms with Crippen LogP contribution in [0.2, 0.25) is 0 Å². The summed E-state index contributed by atoms with van der Waals surface area (Å²) in [7, 11) is 0. The lowest BCUT2D eigenvalue weighted by molar-refractivity contribution is 0.171. The third-order valence-corrected chi connectivity index (χ3v) is 5.64. The quantitative estimate of drug-likeness (QED) is 0.918. The van der Waals surface area contributed by atoms with Gasteiger partial charge in [0.2, 0.25) is 0 Å². The summed E-state index contributed by atoms with van der Waals surface area (Å²) in [5.41, 5.74) is 1.29. The second-order valence-electron chi connectivity index (χ2n) is 6.97. The zero-order valence-corrected chi connectivity index (χ0v) is 12.8. The largest absolute Gasteiger partial charge is 0.486 e. The summed E-state index contributed by atoms with van der Waals surface area (Å²) < 4.78 is 11.3. The third kappa shape index (κ3) is 2.64. The van der Waals surface area contributed by atoms with Crippen LogP contribution in [0.25, 0.3) is 0 Å². The van der Waals surface area contributed by atoms with Crippen molar-refractivity contribution in [3.63, 3.8) is 0 Å². The lowest BCUT2D eigenvalue weighted by Crippen LogP contribution is -2.28. The van der Waals surface area contributed by atoms with Crippen molar-refractivity contribution >= 4 is 0 Å². The van der Waals surface area contributed by atoms with Gasteiger partial charge in [0.1, 0.15) is 13.2 Å². The Labute approximate surface area is 127 Å². The molecule has 21 heavy (non-hydrogen) atoms. The average molecular weight is 287 g/mol. The number of hydrogen-bond donors (Lipinski definition) is 1. The maximum absolute atomic E-state index is 5.68. The molecule has 2 aliphatic carbocycles. The molecule has 2 saturated carbocycles. The minimum atomic E-state index is 0.375. The SMILES string of the molecule is CC(NCC1CC2CCC1C2)c1ccc2c(c1)OCCO2. The number of nitrogens with one attached hydrogen (secondary N) is 1. The number of hydrogen-bond acceptors (Lipinski definition) is 3. The highest BCUT2D eigenvalue weighted by Gasteiger charge is 2.39. The van der Waals surface area contributed by atoms with Crippen LogP contribution >= 0.6 is 0 Å². The van der Waals surface area contributed by atoms with Gasteiger partial charge in [-0.15, -0.1) is 0 Å². The molecular weight excluding hydrogens is 262 g/mol. The molecule has 3 aliphatic rings. The van der Waals surface area contributed by atoms with Gasteiger partial charge in [0.25, 0.3) is 0 Å². The van der Waals surface area contributed by atoms with Crippen LogP contribution in [0.4, 0.5) is 0 Å². The van der Waals surface area contributed by atoms with Crippen LogP contribution in [0.5, 0.6) is 11.5 Å². The van der Waals surface area contributed by atoms with E-state index in [-0.39, 0.29) is 0 Å². The van der Waals surface area contributed by atoms with Crippen molar-refractivity contribution < 1.29 is 9.47 Å². The Balaban J connectivity index is 1.37. The van der Waals surface area contributed by atoms with Gasteiger partial charge in [-0.1, -0.05) is 12.5 Å². The standard InChI is InChI=1S/C18H25NO2/c1-12(19-11-16-9-13-2-3-15(16)8-13)14-4-5-17-18(10-14)21-7-6-20-17/h4-5,10,12-13,15-16,19H,2-3,6-9,11H2,1H3. The van der Waals surface area contributed by atoms with E-state index in [4.69, 9.17) is 9.47 Å². The summed E-state index contributed by atoms with van der Waals surface area (Å²) in [5, 5.41) is 3.74. The summed E-state index contributed by atoms with van der Waals surface area (Å²) in [5.74, 6) is 4.71. The Morgan fingerprint density at radius 3 is 2.76 bits per heavy atom. The molecule has 114 valence electrons. The summed E-state index contributed by atoms with van der Waals surface area (Å²) in [4.78, 5) is 0. The van der Waals surface area contributed by atoms with Crippen LogP contribution < -0.4 is 14.8 Å². The van der Waals surface area contributed by atoms with Gasteiger partial charge < -0.3 is 14.8 Å². The van der Waals surface area contributed by atoms with Crippen molar-refractivity contribution in [3.05, 3.63) is 23.8 Å². The number of rotatable bonds is 4. The molecule has 1 heterocycles. The maximum atomic E-state index is 5.68. The van der Waals surface area contributed by atoms with Crippen LogP contribution in [-0.2, 0) is 0 Å². The second kappa shape index (κ2) is 5.53. The number of benzene rings is 1. The van der Waals surface area contributed by atoms with Gasteiger partial charge in [-0.2, -0.15) is 0 Å². The van der Waals surface area contributed by atoms with Gasteiger partial charge in [-0.25, -0.2) is 0 Å². The van der Waals surface area contributed by atoms with E-state index in [9.17, 15) is 0 Å². The minimum Gasteiger partial charge on any atom is -0.486 e. The van der Waals surface area contributed by atoms with Crippen molar-refractivity contribution in [2.75, 3.05) is 19.8 Å². The van der Waals surface area contributed by atoms with Crippen LogP contribution in [0.15, 0.2) is 18.2 Å². The Morgan fingerprint density at radius 2 is 2.00 bits per heavy atom. The van der Waals surface area contributed by atoms with Gasteiger partial charge in [-0.3, -0.25) is 0 Å². The normalized spacial score (nSPS) is 31.4. The summed E-state index contributed by atoms with van der Waals surface area (Å²) in [6, 6.07) is 6.71. The van der Waals surface area contributed by atoms with Crippen molar-refractivity contribution in [3.8, 4) is 11.5 Å². The van der Waals surface area contributed by atoms with E-state index in [1.54, 1.807) is 0 Å². The highest BCUT2D eigenvalue weighted by atomic mass is 16.6. The topological polar surface area (TPSA) is 30.5 Å². The zero-order valence-electron chi connectivity index (χ0n) is 12.8. The van der Waals surface area contributed by atoms with E-state index >= 15 is 0 Å². The molecule has 1 aromatic rings. The van der Waals surface area contributed by atoms with Crippen LogP contribution in [0.3, 0.4) is 0 Å². The second-order valence-corrected chi connectivity index (χ2v) is 6.97. The van der Waals surface area contributed by atoms with E-state index in [2.05, 4.69) is 24.4 Å². The van der Waals surface area contributed by atoms with E-state index in [1.807, 2.05) is 6.07 Å². The molecule has 0 saturated heterocycles. The van der Waals surface area contributed by atoms with Crippen molar-refractivity contribution in [2.24, 2.45) is 17.8 Å². The highest BCUT2D eigenvalue weighted by molar-refractivity contribution is 5.44. The summed E-state index contributed by atoms with van der Waals surface area (Å²) >= 11 is 0. The lowest BCUT2D eigenvalue weighted by Gasteiger charge is -2.25. The molecule has 3 heteroatoms. The van der Waals surface area contributed by atoms with E-state index in [0.29, 0.717) is 19.3 Å². The van der Waals surface area contributed by atoms with Gasteiger partial charge >= 0.3 is 0 Å². The lowest BCUT2D eigenvalue weighted by atomic mass is 9.88. The first-order valence-corrected chi connectivity index (χ1v) is 8.42. The van der Waals surface area contributed by atoms with E-state index in [1.165, 1.54) is 31.2 Å². The Bertz CT molecular complexity index is 516. The fourth-order valence-electron chi connectivity index (χ4n) is 4.40. The smallest absolute Gasteiger partial charge is 0.161 e. The molecule has 1 aliphatic heterocycles. The molecule has 4 atom stereocenters. The molecule has 0 spiro atoms. The van der Waals surface area contributed by atoms with E-state index in [0.717, 1.165) is 35.8 Å². The molecule has 3 nitrogen and oxygen atoms in total. The van der Waals surface area contributed by atoms with Gasteiger partial charge in [0, 0.05) is 6.04 Å². The molecule has 0 radical (unpaired) electrons. The Morgan fingerprint density at radius 1 is 1.14 bits per heavy atom. The maximum Gasteiger partial charge on any atom is 0.161 e. The van der Waals surface area contributed by atoms with Crippen molar-refractivity contribution in [2.45, 2.75) is 38.6 Å². The van der Waals surface area contributed by atoms with Crippen molar-refractivity contribution in [1.82, 2.24) is 5.32 Å². The van der Waals surface area contributed by atoms with E-state index < -0.39 is 0 Å². The fourth-order valence-corrected chi connectivity index (χ4v) is 4.40. The molecular formula is C18H25NO2. The highest BCUT2D eigenvalue weighted by Crippen LogP contribution is 2.48. The van der Waals surface area contributed by atoms with Gasteiger partial charge in [-0.05, 0) is 68.2 Å². The first-order valence-electron chi connectivity index (χ1n) is 8.42. The van der Waals surface area contributed by atoms with Crippen LogP contribution in [-0.4, -0.2) is 19.8 Å². The van der Waals surface area contributed by atoms with Crippen LogP contribution in [0, 0.1) is 17.8 Å². The monoisotopic (exact) mass is 287 g/mol. The predicted molar refractivity (Wildman–Crippen MR) is 82.8 cm³/mol. The number of ether oxygens (including phenoxy) is 2. The van der Waals surface area contributed by atoms with Crippen LogP contribution in [0.1, 0.15) is 44.2 Å². The summed E-state index contributed by atoms with van der Waals surface area (Å²) in [6.45, 7) is 4.73. The van der Waals surface area contributed by atoms with Gasteiger partial charge in [0.05, 0.1) is 0 Å². The molecule has 0 aromatic heterocycles.